The average molecular weight is 405 g/mol. The number of amides is 1. The van der Waals surface area contributed by atoms with Crippen LogP contribution >= 0.6 is 0 Å². The Bertz CT molecular complexity index is 826. The van der Waals surface area contributed by atoms with E-state index in [-0.39, 0.29) is 5.91 Å². The van der Waals surface area contributed by atoms with Crippen LogP contribution in [-0.2, 0) is 17.8 Å². The molecule has 160 valence electrons. The van der Waals surface area contributed by atoms with Gasteiger partial charge in [0.05, 0.1) is 6.42 Å². The molecule has 3 heteroatoms. The number of carbonyl (C=O) groups excluding carboxylic acids is 1. The van der Waals surface area contributed by atoms with Crippen molar-refractivity contribution in [3.8, 4) is 0 Å². The first-order valence-electron chi connectivity index (χ1n) is 11.9. The summed E-state index contributed by atoms with van der Waals surface area (Å²) in [6, 6.07) is 17.5. The number of benzene rings is 2. The Kier molecular flexibility index (Phi) is 7.22. The van der Waals surface area contributed by atoms with E-state index in [2.05, 4.69) is 60.4 Å². The van der Waals surface area contributed by atoms with Gasteiger partial charge in [-0.25, -0.2) is 0 Å². The van der Waals surface area contributed by atoms with Gasteiger partial charge in [-0.2, -0.15) is 0 Å². The fraction of sp³-hybridized carbons (Fsp3) is 0.519. The van der Waals surface area contributed by atoms with Crippen molar-refractivity contribution in [2.24, 2.45) is 0 Å². The SMILES string of the molecule is CCN(CCCCN1C(=O)Cc2cc(C3CCCCC3)ccc21)Cc1ccccc1. The van der Waals surface area contributed by atoms with Crippen molar-refractivity contribution in [1.29, 1.82) is 0 Å². The third-order valence-electron chi connectivity index (χ3n) is 6.92. The van der Waals surface area contributed by atoms with E-state index < -0.39 is 0 Å². The van der Waals surface area contributed by atoms with E-state index in [0.29, 0.717) is 12.3 Å². The molecule has 1 amide bonds. The maximum absolute atomic E-state index is 12.7. The van der Waals surface area contributed by atoms with Gasteiger partial charge in [-0.1, -0.05) is 68.7 Å². The Balaban J connectivity index is 1.28. The van der Waals surface area contributed by atoms with E-state index in [1.807, 2.05) is 4.90 Å². The van der Waals surface area contributed by atoms with Crippen molar-refractivity contribution in [2.45, 2.75) is 70.8 Å². The zero-order valence-electron chi connectivity index (χ0n) is 18.5. The summed E-state index contributed by atoms with van der Waals surface area (Å²) < 4.78 is 0. The number of rotatable bonds is 9. The molecule has 2 aromatic rings. The first-order valence-corrected chi connectivity index (χ1v) is 11.9. The van der Waals surface area contributed by atoms with Gasteiger partial charge in [0, 0.05) is 18.8 Å². The molecule has 0 radical (unpaired) electrons. The topological polar surface area (TPSA) is 23.6 Å². The van der Waals surface area contributed by atoms with E-state index in [9.17, 15) is 4.79 Å². The molecular weight excluding hydrogens is 368 g/mol. The number of anilines is 1. The maximum Gasteiger partial charge on any atom is 0.231 e. The zero-order chi connectivity index (χ0) is 20.8. The molecule has 3 nitrogen and oxygen atoms in total. The highest BCUT2D eigenvalue weighted by Crippen LogP contribution is 2.37. The smallest absolute Gasteiger partial charge is 0.231 e. The van der Waals surface area contributed by atoms with Crippen LogP contribution in [0, 0.1) is 0 Å². The number of carbonyl (C=O) groups is 1. The van der Waals surface area contributed by atoms with Crippen molar-refractivity contribution in [3.05, 3.63) is 65.2 Å². The predicted molar refractivity (Wildman–Crippen MR) is 125 cm³/mol. The van der Waals surface area contributed by atoms with E-state index in [4.69, 9.17) is 0 Å². The molecule has 4 rings (SSSR count). The van der Waals surface area contributed by atoms with Gasteiger partial charge in [-0.15, -0.1) is 0 Å². The monoisotopic (exact) mass is 404 g/mol. The summed E-state index contributed by atoms with van der Waals surface area (Å²) in [6.45, 7) is 6.22. The van der Waals surface area contributed by atoms with E-state index in [1.54, 1.807) is 0 Å². The first-order chi connectivity index (χ1) is 14.7. The van der Waals surface area contributed by atoms with Crippen LogP contribution in [0.25, 0.3) is 0 Å². The summed E-state index contributed by atoms with van der Waals surface area (Å²) in [6.07, 6.45) is 9.48. The molecule has 1 heterocycles. The van der Waals surface area contributed by atoms with Crippen LogP contribution in [0.15, 0.2) is 48.5 Å². The quantitative estimate of drug-likeness (QED) is 0.484. The van der Waals surface area contributed by atoms with Crippen LogP contribution in [0.5, 0.6) is 0 Å². The van der Waals surface area contributed by atoms with Crippen LogP contribution in [0.2, 0.25) is 0 Å². The van der Waals surface area contributed by atoms with E-state index in [0.717, 1.165) is 44.7 Å². The highest BCUT2D eigenvalue weighted by atomic mass is 16.2. The van der Waals surface area contributed by atoms with Gasteiger partial charge in [0.1, 0.15) is 0 Å². The third kappa shape index (κ3) is 5.13. The molecule has 1 saturated carbocycles. The number of fused-ring (bicyclic) bond motifs is 1. The molecule has 0 N–H and O–H groups in total. The predicted octanol–water partition coefficient (Wildman–Crippen LogP) is 5.93. The van der Waals surface area contributed by atoms with Gasteiger partial charge < -0.3 is 4.90 Å². The van der Waals surface area contributed by atoms with Gasteiger partial charge in [0.2, 0.25) is 5.91 Å². The second-order valence-corrected chi connectivity index (χ2v) is 9.01. The number of unbranched alkanes of at least 4 members (excludes halogenated alkanes) is 1. The number of hydrogen-bond donors (Lipinski definition) is 0. The molecular formula is C27H36N2O. The van der Waals surface area contributed by atoms with Crippen molar-refractivity contribution in [2.75, 3.05) is 24.5 Å². The fourth-order valence-electron chi connectivity index (χ4n) is 5.13. The van der Waals surface area contributed by atoms with Crippen LogP contribution in [0.4, 0.5) is 5.69 Å². The Morgan fingerprint density at radius 3 is 2.57 bits per heavy atom. The molecule has 2 aliphatic rings. The molecule has 0 saturated heterocycles. The number of hydrogen-bond acceptors (Lipinski definition) is 2. The summed E-state index contributed by atoms with van der Waals surface area (Å²) in [7, 11) is 0. The van der Waals surface area contributed by atoms with Gasteiger partial charge in [0.15, 0.2) is 0 Å². The summed E-state index contributed by atoms with van der Waals surface area (Å²) in [5, 5.41) is 0. The summed E-state index contributed by atoms with van der Waals surface area (Å²) >= 11 is 0. The van der Waals surface area contributed by atoms with Crippen LogP contribution < -0.4 is 4.90 Å². The van der Waals surface area contributed by atoms with E-state index >= 15 is 0 Å². The van der Waals surface area contributed by atoms with Crippen molar-refractivity contribution in [1.82, 2.24) is 4.90 Å². The summed E-state index contributed by atoms with van der Waals surface area (Å²) in [4.78, 5) is 17.2. The maximum atomic E-state index is 12.7. The van der Waals surface area contributed by atoms with Crippen molar-refractivity contribution >= 4 is 11.6 Å². The van der Waals surface area contributed by atoms with Gasteiger partial charge in [0.25, 0.3) is 0 Å². The zero-order valence-corrected chi connectivity index (χ0v) is 18.5. The fourth-order valence-corrected chi connectivity index (χ4v) is 5.13. The molecule has 1 fully saturated rings. The van der Waals surface area contributed by atoms with Crippen LogP contribution in [0.1, 0.15) is 74.5 Å². The molecule has 0 aromatic heterocycles. The molecule has 0 bridgehead atoms. The molecule has 0 spiro atoms. The summed E-state index contributed by atoms with van der Waals surface area (Å²) in [5.74, 6) is 0.986. The van der Waals surface area contributed by atoms with E-state index in [1.165, 1.54) is 48.8 Å². The molecule has 1 aliphatic carbocycles. The second kappa shape index (κ2) is 10.3. The highest BCUT2D eigenvalue weighted by Gasteiger charge is 2.28. The number of nitrogens with zero attached hydrogens (tertiary/aromatic N) is 2. The van der Waals surface area contributed by atoms with Gasteiger partial charge >= 0.3 is 0 Å². The first kappa shape index (κ1) is 21.1. The molecule has 0 unspecified atom stereocenters. The minimum Gasteiger partial charge on any atom is -0.312 e. The molecule has 0 atom stereocenters. The largest absolute Gasteiger partial charge is 0.312 e. The van der Waals surface area contributed by atoms with Crippen LogP contribution in [-0.4, -0.2) is 30.4 Å². The van der Waals surface area contributed by atoms with Crippen LogP contribution in [0.3, 0.4) is 0 Å². The Morgan fingerprint density at radius 2 is 1.80 bits per heavy atom. The molecule has 30 heavy (non-hydrogen) atoms. The standard InChI is InChI=1S/C27H36N2O/c1-2-28(21-22-11-5-3-6-12-22)17-9-10-18-29-26-16-15-24(19-25(26)20-27(29)30)23-13-7-4-8-14-23/h3,5-6,11-12,15-16,19,23H,2,4,7-10,13-14,17-18,20-21H2,1H3. The lowest BCUT2D eigenvalue weighted by atomic mass is 9.83. The lowest BCUT2D eigenvalue weighted by Gasteiger charge is -2.23. The minimum atomic E-state index is 0.280. The average Bonchev–Trinajstić information content (AvgIpc) is 3.11. The highest BCUT2D eigenvalue weighted by molar-refractivity contribution is 6.01. The van der Waals surface area contributed by atoms with Gasteiger partial charge in [-0.3, -0.25) is 9.69 Å². The Labute approximate surface area is 182 Å². The Morgan fingerprint density at radius 1 is 1.00 bits per heavy atom. The lowest BCUT2D eigenvalue weighted by Crippen LogP contribution is -2.29. The summed E-state index contributed by atoms with van der Waals surface area (Å²) in [5.41, 5.74) is 5.25. The lowest BCUT2D eigenvalue weighted by molar-refractivity contribution is -0.117. The molecule has 1 aliphatic heterocycles. The molecule has 2 aromatic carbocycles. The second-order valence-electron chi connectivity index (χ2n) is 9.01. The van der Waals surface area contributed by atoms with Gasteiger partial charge in [-0.05, 0) is 67.4 Å². The Hall–Kier alpha value is -2.13. The minimum absolute atomic E-state index is 0.280. The normalized spacial score (nSPS) is 17.0. The third-order valence-corrected chi connectivity index (χ3v) is 6.92. The van der Waals surface area contributed by atoms with Crippen molar-refractivity contribution in [3.63, 3.8) is 0 Å². The van der Waals surface area contributed by atoms with Crippen molar-refractivity contribution < 1.29 is 4.79 Å².